The number of hydrogen-bond donors (Lipinski definition) is 3. The predicted molar refractivity (Wildman–Crippen MR) is 130 cm³/mol. The van der Waals surface area contributed by atoms with Crippen LogP contribution in [0.1, 0.15) is 42.6 Å². The second-order valence-electron chi connectivity index (χ2n) is 8.74. The van der Waals surface area contributed by atoms with Crippen molar-refractivity contribution in [3.8, 4) is 11.1 Å². The summed E-state index contributed by atoms with van der Waals surface area (Å²) >= 11 is 0. The third-order valence-electron chi connectivity index (χ3n) is 6.31. The molecule has 0 radical (unpaired) electrons. The van der Waals surface area contributed by atoms with Crippen molar-refractivity contribution in [2.45, 2.75) is 38.1 Å². The molecule has 6 nitrogen and oxygen atoms in total. The first kappa shape index (κ1) is 25.4. The number of fused-ring (bicyclic) bond motifs is 3. The molecule has 0 aromatic heterocycles. The Morgan fingerprint density at radius 3 is 2.28 bits per heavy atom. The number of para-hydroxylation sites is 1. The Hall–Kier alpha value is -3.69. The van der Waals surface area contributed by atoms with Crippen LogP contribution in [0, 0.1) is 0 Å². The molecule has 1 aliphatic heterocycles. The van der Waals surface area contributed by atoms with Crippen LogP contribution in [0.25, 0.3) is 11.1 Å². The largest absolute Gasteiger partial charge is 0.416 e. The number of halogens is 3. The summed E-state index contributed by atoms with van der Waals surface area (Å²) in [5, 5.41) is 14.5. The number of carbonyl (C=O) groups is 2. The van der Waals surface area contributed by atoms with Gasteiger partial charge in [-0.15, -0.1) is 0 Å². The average Bonchev–Trinajstić information content (AvgIpc) is 2.96. The van der Waals surface area contributed by atoms with E-state index in [2.05, 4.69) is 10.7 Å². The first-order valence-electron chi connectivity index (χ1n) is 11.5. The smallest absolute Gasteiger partial charge is 0.387 e. The molecule has 36 heavy (non-hydrogen) atoms. The molecule has 0 saturated carbocycles. The summed E-state index contributed by atoms with van der Waals surface area (Å²) in [6.07, 6.45) is -5.59. The highest BCUT2D eigenvalue weighted by atomic mass is 19.4. The molecule has 0 aliphatic carbocycles. The third-order valence-corrected chi connectivity index (χ3v) is 6.31. The number of nitrogens with zero attached hydrogens (tertiary/aromatic N) is 1. The number of hydrogen-bond acceptors (Lipinski definition) is 4. The van der Waals surface area contributed by atoms with Gasteiger partial charge in [0.15, 0.2) is 0 Å². The van der Waals surface area contributed by atoms with Gasteiger partial charge < -0.3 is 10.4 Å². The van der Waals surface area contributed by atoms with Gasteiger partial charge in [-0.05, 0) is 48.7 Å². The van der Waals surface area contributed by atoms with Crippen LogP contribution >= 0.6 is 0 Å². The van der Waals surface area contributed by atoms with Gasteiger partial charge in [-0.2, -0.15) is 13.2 Å². The van der Waals surface area contributed by atoms with Crippen molar-refractivity contribution in [2.75, 3.05) is 11.6 Å². The molecule has 188 valence electrons. The Labute approximate surface area is 206 Å². The van der Waals surface area contributed by atoms with E-state index in [1.165, 1.54) is 17.1 Å². The number of aliphatic hydroxyl groups is 1. The quantitative estimate of drug-likeness (QED) is 0.466. The number of alkyl halides is 3. The minimum absolute atomic E-state index is 0.0771. The number of carbonyl (C=O) groups excluding carboxylic acids is 2. The summed E-state index contributed by atoms with van der Waals surface area (Å²) in [7, 11) is 0. The van der Waals surface area contributed by atoms with E-state index in [0.717, 1.165) is 28.8 Å². The maximum absolute atomic E-state index is 13.3. The summed E-state index contributed by atoms with van der Waals surface area (Å²) < 4.78 is 38.3. The zero-order valence-corrected chi connectivity index (χ0v) is 19.7. The molecule has 9 heteroatoms. The molecule has 3 aromatic carbocycles. The fourth-order valence-electron chi connectivity index (χ4n) is 4.18. The van der Waals surface area contributed by atoms with Crippen LogP contribution in [0.2, 0.25) is 0 Å². The van der Waals surface area contributed by atoms with E-state index in [4.69, 9.17) is 0 Å². The zero-order chi connectivity index (χ0) is 26.0. The van der Waals surface area contributed by atoms with Gasteiger partial charge >= 0.3 is 6.18 Å². The molecule has 0 bridgehead atoms. The first-order chi connectivity index (χ1) is 17.1. The summed E-state index contributed by atoms with van der Waals surface area (Å²) in [6, 6.07) is 18.3. The molecule has 1 aliphatic rings. The number of aliphatic hydroxyl groups excluding tert-OH is 1. The number of anilines is 1. The standard InChI is InChI=1S/C27H26F3N3O3/c1-16-20-7-3-4-8-21(20)22-9-5-6-10-23(22)33(26(16)36)32-25(35)17(2)31-15-24(34)18-11-13-19(14-12-18)27(28,29)30/h3-14,16-17,24,31,34H,15H2,1-2H3,(H,32,35)/t16?,17-,24-/m0/s1. The maximum Gasteiger partial charge on any atom is 0.416 e. The molecule has 0 spiro atoms. The monoisotopic (exact) mass is 497 g/mol. The molecule has 3 atom stereocenters. The van der Waals surface area contributed by atoms with E-state index < -0.39 is 35.7 Å². The third kappa shape index (κ3) is 5.12. The van der Waals surface area contributed by atoms with Crippen LogP contribution in [0.3, 0.4) is 0 Å². The van der Waals surface area contributed by atoms with Crippen molar-refractivity contribution < 1.29 is 27.9 Å². The number of rotatable bonds is 6. The van der Waals surface area contributed by atoms with E-state index in [-0.39, 0.29) is 18.0 Å². The Morgan fingerprint density at radius 1 is 1.00 bits per heavy atom. The number of hydrazine groups is 1. The van der Waals surface area contributed by atoms with Crippen molar-refractivity contribution in [3.05, 3.63) is 89.5 Å². The minimum Gasteiger partial charge on any atom is -0.387 e. The molecule has 3 N–H and O–H groups in total. The van der Waals surface area contributed by atoms with Crippen molar-refractivity contribution >= 4 is 17.5 Å². The number of amides is 2. The second kappa shape index (κ2) is 10.1. The number of nitrogens with one attached hydrogen (secondary N) is 2. The molecule has 4 rings (SSSR count). The SMILES string of the molecule is CC1C(=O)N(NC(=O)[C@H](C)NC[C@H](O)c2ccc(C(F)(F)F)cc2)c2ccccc2-c2ccccc21. The Bertz CT molecular complexity index is 1260. The molecule has 1 unspecified atom stereocenters. The minimum atomic E-state index is -4.46. The zero-order valence-electron chi connectivity index (χ0n) is 19.7. The van der Waals surface area contributed by atoms with Crippen molar-refractivity contribution in [1.29, 1.82) is 0 Å². The number of benzene rings is 3. The lowest BCUT2D eigenvalue weighted by molar-refractivity contribution is -0.137. The van der Waals surface area contributed by atoms with Gasteiger partial charge in [0.2, 0.25) is 0 Å². The Morgan fingerprint density at radius 2 is 1.61 bits per heavy atom. The lowest BCUT2D eigenvalue weighted by atomic mass is 9.92. The van der Waals surface area contributed by atoms with E-state index >= 15 is 0 Å². The highest BCUT2D eigenvalue weighted by Gasteiger charge is 2.33. The fourth-order valence-corrected chi connectivity index (χ4v) is 4.18. The highest BCUT2D eigenvalue weighted by molar-refractivity contribution is 6.06. The Kier molecular flexibility index (Phi) is 7.14. The van der Waals surface area contributed by atoms with Gasteiger partial charge in [-0.25, -0.2) is 5.01 Å². The molecule has 2 amide bonds. The van der Waals surface area contributed by atoms with Crippen LogP contribution in [0.4, 0.5) is 18.9 Å². The van der Waals surface area contributed by atoms with Crippen molar-refractivity contribution in [1.82, 2.24) is 10.7 Å². The molecule has 3 aromatic rings. The van der Waals surface area contributed by atoms with Gasteiger partial charge in [0, 0.05) is 12.1 Å². The van der Waals surface area contributed by atoms with Crippen molar-refractivity contribution in [3.63, 3.8) is 0 Å². The average molecular weight is 498 g/mol. The van der Waals surface area contributed by atoms with Crippen LogP contribution in [0.5, 0.6) is 0 Å². The van der Waals surface area contributed by atoms with Crippen LogP contribution in [-0.4, -0.2) is 29.5 Å². The molecule has 0 fully saturated rings. The Balaban J connectivity index is 1.46. The maximum atomic E-state index is 13.3. The summed E-state index contributed by atoms with van der Waals surface area (Å²) in [4.78, 5) is 26.3. The molecule has 1 heterocycles. The summed E-state index contributed by atoms with van der Waals surface area (Å²) in [5.41, 5.74) is 5.30. The van der Waals surface area contributed by atoms with Gasteiger partial charge in [-0.1, -0.05) is 54.6 Å². The first-order valence-corrected chi connectivity index (χ1v) is 11.5. The second-order valence-corrected chi connectivity index (χ2v) is 8.74. The van der Waals surface area contributed by atoms with Crippen LogP contribution in [-0.2, 0) is 15.8 Å². The van der Waals surface area contributed by atoms with Gasteiger partial charge in [0.05, 0.1) is 29.3 Å². The van der Waals surface area contributed by atoms with E-state index in [0.29, 0.717) is 5.69 Å². The highest BCUT2D eigenvalue weighted by Crippen LogP contribution is 2.40. The van der Waals surface area contributed by atoms with E-state index in [1.54, 1.807) is 26.0 Å². The van der Waals surface area contributed by atoms with E-state index in [9.17, 15) is 27.9 Å². The molecule has 0 saturated heterocycles. The lowest BCUT2D eigenvalue weighted by Crippen LogP contribution is -2.53. The topological polar surface area (TPSA) is 81.7 Å². The summed E-state index contributed by atoms with van der Waals surface area (Å²) in [6.45, 7) is 3.28. The van der Waals surface area contributed by atoms with Crippen LogP contribution in [0.15, 0.2) is 72.8 Å². The van der Waals surface area contributed by atoms with Gasteiger partial charge in [-0.3, -0.25) is 15.0 Å². The molecular formula is C27H26F3N3O3. The van der Waals surface area contributed by atoms with Crippen molar-refractivity contribution in [2.24, 2.45) is 0 Å². The molecular weight excluding hydrogens is 471 g/mol. The van der Waals surface area contributed by atoms with Gasteiger partial charge in [0.1, 0.15) is 0 Å². The van der Waals surface area contributed by atoms with E-state index in [1.807, 2.05) is 36.4 Å². The van der Waals surface area contributed by atoms with Crippen LogP contribution < -0.4 is 15.8 Å². The summed E-state index contributed by atoms with van der Waals surface area (Å²) in [5.74, 6) is -1.30. The van der Waals surface area contributed by atoms with Gasteiger partial charge in [0.25, 0.3) is 11.8 Å². The predicted octanol–water partition coefficient (Wildman–Crippen LogP) is 4.57. The normalized spacial score (nSPS) is 17.0. The fraction of sp³-hybridized carbons (Fsp3) is 0.259. The lowest BCUT2D eigenvalue weighted by Gasteiger charge is -2.27.